The highest BCUT2D eigenvalue weighted by Gasteiger charge is 1.85. The summed E-state index contributed by atoms with van der Waals surface area (Å²) in [6, 6.07) is 0.418. The standard InChI is InChI=1S/C6H13N3/c1-5(2)8-4-6(3)9-7/h4-5,7-8H,1-3H3/b6-4-,9-7?. The number of allylic oxidation sites excluding steroid dienone is 1. The lowest BCUT2D eigenvalue weighted by molar-refractivity contribution is 0.696. The zero-order valence-corrected chi connectivity index (χ0v) is 6.10. The predicted octanol–water partition coefficient (Wildman–Crippen LogP) is 1.88. The summed E-state index contributed by atoms with van der Waals surface area (Å²) >= 11 is 0. The third-order valence-electron chi connectivity index (χ3n) is 0.802. The minimum atomic E-state index is 0.418. The number of rotatable bonds is 3. The van der Waals surface area contributed by atoms with Crippen LogP contribution in [-0.2, 0) is 0 Å². The van der Waals surface area contributed by atoms with E-state index in [0.717, 1.165) is 0 Å². The molecule has 0 bridgehead atoms. The van der Waals surface area contributed by atoms with Crippen LogP contribution in [0.1, 0.15) is 20.8 Å². The van der Waals surface area contributed by atoms with Crippen molar-refractivity contribution in [1.82, 2.24) is 5.32 Å². The van der Waals surface area contributed by atoms with Crippen molar-refractivity contribution in [3.05, 3.63) is 11.9 Å². The first-order chi connectivity index (χ1) is 4.16. The van der Waals surface area contributed by atoms with Gasteiger partial charge in [0, 0.05) is 12.2 Å². The molecule has 0 aromatic rings. The molecule has 0 spiro atoms. The van der Waals surface area contributed by atoms with Gasteiger partial charge in [-0.1, -0.05) is 0 Å². The van der Waals surface area contributed by atoms with Crippen LogP contribution >= 0.6 is 0 Å². The molecule has 0 aliphatic rings. The van der Waals surface area contributed by atoms with Gasteiger partial charge in [-0.2, -0.15) is 5.11 Å². The molecule has 3 heteroatoms. The summed E-state index contributed by atoms with van der Waals surface area (Å²) in [6.45, 7) is 5.85. The van der Waals surface area contributed by atoms with Crippen LogP contribution in [0.3, 0.4) is 0 Å². The highest BCUT2D eigenvalue weighted by molar-refractivity contribution is 4.92. The van der Waals surface area contributed by atoms with Gasteiger partial charge >= 0.3 is 0 Å². The van der Waals surface area contributed by atoms with Crippen LogP contribution in [0.2, 0.25) is 0 Å². The van der Waals surface area contributed by atoms with Crippen LogP contribution in [0.5, 0.6) is 0 Å². The number of nitrogens with zero attached hydrogens (tertiary/aromatic N) is 1. The highest BCUT2D eigenvalue weighted by atomic mass is 15.0. The minimum Gasteiger partial charge on any atom is -0.387 e. The number of nitrogens with one attached hydrogen (secondary N) is 2. The number of hydrogen-bond donors (Lipinski definition) is 2. The van der Waals surface area contributed by atoms with Gasteiger partial charge in [-0.3, -0.25) is 0 Å². The normalized spacial score (nSPS) is 11.8. The van der Waals surface area contributed by atoms with E-state index in [1.807, 2.05) is 13.8 Å². The molecule has 3 nitrogen and oxygen atoms in total. The minimum absolute atomic E-state index is 0.418. The lowest BCUT2D eigenvalue weighted by Gasteiger charge is -2.02. The maximum absolute atomic E-state index is 6.57. The van der Waals surface area contributed by atoms with Crippen LogP contribution in [-0.4, -0.2) is 6.04 Å². The molecule has 9 heavy (non-hydrogen) atoms. The Hall–Kier alpha value is -0.860. The maximum Gasteiger partial charge on any atom is 0.0748 e. The Morgan fingerprint density at radius 1 is 1.67 bits per heavy atom. The molecule has 0 aliphatic heterocycles. The lowest BCUT2D eigenvalue weighted by Crippen LogP contribution is -2.15. The van der Waals surface area contributed by atoms with Gasteiger partial charge in [0.1, 0.15) is 0 Å². The Labute approximate surface area is 55.7 Å². The highest BCUT2D eigenvalue weighted by Crippen LogP contribution is 1.89. The first kappa shape index (κ1) is 8.14. The third-order valence-corrected chi connectivity index (χ3v) is 0.802. The zero-order chi connectivity index (χ0) is 7.28. The van der Waals surface area contributed by atoms with Crippen molar-refractivity contribution >= 4 is 0 Å². The van der Waals surface area contributed by atoms with Crippen molar-refractivity contribution in [3.8, 4) is 0 Å². The Bertz CT molecular complexity index is 115. The summed E-state index contributed by atoms with van der Waals surface area (Å²) in [7, 11) is 0. The molecule has 0 aromatic carbocycles. The SMILES string of the molecule is C/C(=C/NC(C)C)N=N. The van der Waals surface area contributed by atoms with Crippen LogP contribution in [0.4, 0.5) is 0 Å². The summed E-state index contributed by atoms with van der Waals surface area (Å²) in [4.78, 5) is 0. The van der Waals surface area contributed by atoms with E-state index in [0.29, 0.717) is 11.7 Å². The second kappa shape index (κ2) is 4.06. The molecule has 0 fully saturated rings. The molecule has 0 aliphatic carbocycles. The van der Waals surface area contributed by atoms with E-state index in [9.17, 15) is 0 Å². The van der Waals surface area contributed by atoms with Gasteiger partial charge < -0.3 is 5.32 Å². The Morgan fingerprint density at radius 2 is 2.22 bits per heavy atom. The smallest absolute Gasteiger partial charge is 0.0748 e. The van der Waals surface area contributed by atoms with Crippen molar-refractivity contribution in [2.24, 2.45) is 5.11 Å². The van der Waals surface area contributed by atoms with E-state index < -0.39 is 0 Å². The van der Waals surface area contributed by atoms with Crippen molar-refractivity contribution in [2.75, 3.05) is 0 Å². The summed E-state index contributed by atoms with van der Waals surface area (Å²) in [5.41, 5.74) is 7.27. The average molecular weight is 127 g/mol. The first-order valence-corrected chi connectivity index (χ1v) is 2.97. The van der Waals surface area contributed by atoms with Gasteiger partial charge in [-0.15, -0.1) is 0 Å². The quantitative estimate of drug-likeness (QED) is 0.559. The van der Waals surface area contributed by atoms with Gasteiger partial charge in [0.25, 0.3) is 0 Å². The van der Waals surface area contributed by atoms with E-state index in [4.69, 9.17) is 5.53 Å². The molecule has 0 saturated carbocycles. The Balaban J connectivity index is 3.56. The van der Waals surface area contributed by atoms with E-state index in [1.165, 1.54) is 0 Å². The molecule has 0 radical (unpaired) electrons. The van der Waals surface area contributed by atoms with Gasteiger partial charge in [0.05, 0.1) is 5.70 Å². The molecule has 0 saturated heterocycles. The lowest BCUT2D eigenvalue weighted by atomic mass is 10.4. The van der Waals surface area contributed by atoms with Crippen LogP contribution < -0.4 is 5.32 Å². The van der Waals surface area contributed by atoms with Gasteiger partial charge in [0.15, 0.2) is 0 Å². The summed E-state index contributed by atoms with van der Waals surface area (Å²) in [5, 5.41) is 6.23. The van der Waals surface area contributed by atoms with Gasteiger partial charge in [0.2, 0.25) is 0 Å². The second-order valence-corrected chi connectivity index (χ2v) is 2.22. The van der Waals surface area contributed by atoms with Crippen molar-refractivity contribution in [3.63, 3.8) is 0 Å². The number of hydrogen-bond acceptors (Lipinski definition) is 3. The predicted molar refractivity (Wildman–Crippen MR) is 37.2 cm³/mol. The Morgan fingerprint density at radius 3 is 2.56 bits per heavy atom. The summed E-state index contributed by atoms with van der Waals surface area (Å²) in [6.07, 6.45) is 1.73. The molecular weight excluding hydrogens is 114 g/mol. The molecule has 2 N–H and O–H groups in total. The molecule has 0 heterocycles. The van der Waals surface area contributed by atoms with Crippen LogP contribution in [0, 0.1) is 5.53 Å². The van der Waals surface area contributed by atoms with Crippen molar-refractivity contribution in [1.29, 1.82) is 5.53 Å². The van der Waals surface area contributed by atoms with E-state index >= 15 is 0 Å². The molecule has 0 aromatic heterocycles. The van der Waals surface area contributed by atoms with Crippen LogP contribution in [0.25, 0.3) is 0 Å². The van der Waals surface area contributed by atoms with Gasteiger partial charge in [-0.05, 0) is 20.8 Å². The monoisotopic (exact) mass is 127 g/mol. The molecular formula is C6H13N3. The zero-order valence-electron chi connectivity index (χ0n) is 6.10. The first-order valence-electron chi connectivity index (χ1n) is 2.97. The maximum atomic E-state index is 6.57. The summed E-state index contributed by atoms with van der Waals surface area (Å²) in [5.74, 6) is 0. The van der Waals surface area contributed by atoms with Crippen LogP contribution in [0.15, 0.2) is 17.0 Å². The molecule has 52 valence electrons. The summed E-state index contributed by atoms with van der Waals surface area (Å²) < 4.78 is 0. The molecule has 0 atom stereocenters. The van der Waals surface area contributed by atoms with E-state index in [1.54, 1.807) is 13.1 Å². The van der Waals surface area contributed by atoms with Crippen molar-refractivity contribution in [2.45, 2.75) is 26.8 Å². The fourth-order valence-corrected chi connectivity index (χ4v) is 0.320. The molecule has 0 unspecified atom stereocenters. The Kier molecular flexibility index (Phi) is 3.67. The van der Waals surface area contributed by atoms with Crippen molar-refractivity contribution < 1.29 is 0 Å². The fourth-order valence-electron chi connectivity index (χ4n) is 0.320. The van der Waals surface area contributed by atoms with E-state index in [-0.39, 0.29) is 0 Å². The second-order valence-electron chi connectivity index (χ2n) is 2.22. The van der Waals surface area contributed by atoms with Gasteiger partial charge in [-0.25, -0.2) is 5.53 Å². The molecule has 0 amide bonds. The third kappa shape index (κ3) is 5.00. The molecule has 0 rings (SSSR count). The fraction of sp³-hybridized carbons (Fsp3) is 0.667. The largest absolute Gasteiger partial charge is 0.387 e. The topological polar surface area (TPSA) is 48.2 Å². The average Bonchev–Trinajstić information content (AvgIpc) is 1.83. The van der Waals surface area contributed by atoms with E-state index in [2.05, 4.69) is 10.4 Å².